The molecule has 0 saturated carbocycles. The number of nitrogens with one attached hydrogen (secondary N) is 1. The maximum Gasteiger partial charge on any atom is 0.0962 e. The Morgan fingerprint density at radius 2 is 2.06 bits per heavy atom. The van der Waals surface area contributed by atoms with Gasteiger partial charge in [-0.2, -0.15) is 0 Å². The number of hydrogen-bond donors (Lipinski definition) is 1. The molecule has 1 unspecified atom stereocenters. The van der Waals surface area contributed by atoms with E-state index in [4.69, 9.17) is 0 Å². The second-order valence-electron chi connectivity index (χ2n) is 4.27. The van der Waals surface area contributed by atoms with Crippen LogP contribution in [0.15, 0.2) is 51.9 Å². The summed E-state index contributed by atoms with van der Waals surface area (Å²) >= 11 is 1.85. The molecule has 2 aliphatic rings. The number of nitrogens with zero attached hydrogens (tertiary/aromatic N) is 1. The number of anilines is 1. The molecule has 0 amide bonds. The number of benzene rings is 1. The van der Waals surface area contributed by atoms with Crippen LogP contribution in [0.25, 0.3) is 0 Å². The lowest BCUT2D eigenvalue weighted by molar-refractivity contribution is 1.21. The molecule has 0 saturated heterocycles. The van der Waals surface area contributed by atoms with Crippen LogP contribution < -0.4 is 5.32 Å². The van der Waals surface area contributed by atoms with Gasteiger partial charge in [-0.05, 0) is 48.6 Å². The summed E-state index contributed by atoms with van der Waals surface area (Å²) in [6.45, 7) is 4.22. The minimum absolute atomic E-state index is 0.307. The molecule has 1 atom stereocenters. The Hall–Kier alpha value is -1.48. The molecule has 1 aromatic carbocycles. The smallest absolute Gasteiger partial charge is 0.0962 e. The number of para-hydroxylation sites is 2. The Labute approximate surface area is 106 Å². The molecule has 2 heterocycles. The van der Waals surface area contributed by atoms with E-state index < -0.39 is 0 Å². The number of allylic oxidation sites excluding steroid dienone is 3. The van der Waals surface area contributed by atoms with Gasteiger partial charge in [0.1, 0.15) is 0 Å². The molecule has 3 heteroatoms. The zero-order valence-electron chi connectivity index (χ0n) is 9.90. The number of rotatable bonds is 0. The molecule has 0 aliphatic carbocycles. The lowest BCUT2D eigenvalue weighted by Crippen LogP contribution is -2.18. The Balaban J connectivity index is 2.14. The second kappa shape index (κ2) is 4.08. The largest absolute Gasteiger partial charge is 0.368 e. The standard InChI is InChI=1S/C14H14N2S/c1-9-7-11-8-14(17-9)16-13-6-4-3-5-12(13)15-10(11)2/h3-8,14,16H,1-2H3. The Morgan fingerprint density at radius 1 is 1.24 bits per heavy atom. The molecule has 0 spiro atoms. The van der Waals surface area contributed by atoms with Gasteiger partial charge in [0.25, 0.3) is 0 Å². The lowest BCUT2D eigenvalue weighted by Gasteiger charge is -2.24. The Bertz CT molecular complexity index is 555. The van der Waals surface area contributed by atoms with Crippen LogP contribution in [0.5, 0.6) is 0 Å². The first-order chi connectivity index (χ1) is 8.22. The van der Waals surface area contributed by atoms with E-state index >= 15 is 0 Å². The lowest BCUT2D eigenvalue weighted by atomic mass is 10.1. The van der Waals surface area contributed by atoms with Gasteiger partial charge in [-0.25, -0.2) is 0 Å². The average Bonchev–Trinajstić information content (AvgIpc) is 2.29. The third kappa shape index (κ3) is 2.03. The summed E-state index contributed by atoms with van der Waals surface area (Å²) in [5.41, 5.74) is 4.44. The van der Waals surface area contributed by atoms with Crippen LogP contribution in [0.2, 0.25) is 0 Å². The highest BCUT2D eigenvalue weighted by atomic mass is 32.2. The highest BCUT2D eigenvalue weighted by Gasteiger charge is 2.18. The fraction of sp³-hybridized carbons (Fsp3) is 0.214. The Kier molecular flexibility index (Phi) is 2.56. The predicted octanol–water partition coefficient (Wildman–Crippen LogP) is 4.11. The first kappa shape index (κ1) is 10.7. The van der Waals surface area contributed by atoms with Gasteiger partial charge in [0.05, 0.1) is 16.7 Å². The molecular weight excluding hydrogens is 228 g/mol. The normalized spacial score (nSPS) is 22.2. The molecule has 0 fully saturated rings. The molecular formula is C14H14N2S. The van der Waals surface area contributed by atoms with Crippen molar-refractivity contribution in [3.63, 3.8) is 0 Å². The summed E-state index contributed by atoms with van der Waals surface area (Å²) in [5.74, 6) is 0. The second-order valence-corrected chi connectivity index (χ2v) is 5.66. The van der Waals surface area contributed by atoms with Gasteiger partial charge in [-0.15, -0.1) is 11.8 Å². The summed E-state index contributed by atoms with van der Waals surface area (Å²) in [4.78, 5) is 6.01. The van der Waals surface area contributed by atoms with Gasteiger partial charge in [0.15, 0.2) is 0 Å². The highest BCUT2D eigenvalue weighted by Crippen LogP contribution is 2.36. The zero-order valence-corrected chi connectivity index (χ0v) is 10.7. The fourth-order valence-corrected chi connectivity index (χ4v) is 3.08. The zero-order chi connectivity index (χ0) is 11.8. The van der Waals surface area contributed by atoms with Crippen molar-refractivity contribution >= 4 is 28.8 Å². The third-order valence-electron chi connectivity index (χ3n) is 2.91. The van der Waals surface area contributed by atoms with Crippen LogP contribution in [-0.4, -0.2) is 11.1 Å². The first-order valence-electron chi connectivity index (χ1n) is 5.70. The molecule has 0 aromatic heterocycles. The van der Waals surface area contributed by atoms with Crippen LogP contribution >= 0.6 is 11.8 Å². The Morgan fingerprint density at radius 3 is 2.94 bits per heavy atom. The monoisotopic (exact) mass is 242 g/mol. The highest BCUT2D eigenvalue weighted by molar-refractivity contribution is 8.03. The van der Waals surface area contributed by atoms with Crippen molar-refractivity contribution in [1.29, 1.82) is 0 Å². The number of fused-ring (bicyclic) bond motifs is 2. The van der Waals surface area contributed by atoms with Crippen molar-refractivity contribution in [2.45, 2.75) is 19.2 Å². The van der Waals surface area contributed by atoms with E-state index in [0.29, 0.717) is 5.37 Å². The summed E-state index contributed by atoms with van der Waals surface area (Å²) in [5, 5.41) is 3.83. The van der Waals surface area contributed by atoms with Crippen molar-refractivity contribution < 1.29 is 0 Å². The van der Waals surface area contributed by atoms with Crippen LogP contribution in [0.3, 0.4) is 0 Å². The van der Waals surface area contributed by atoms with E-state index in [1.54, 1.807) is 0 Å². The van der Waals surface area contributed by atoms with E-state index in [1.165, 1.54) is 10.5 Å². The van der Waals surface area contributed by atoms with Crippen molar-refractivity contribution in [3.8, 4) is 0 Å². The molecule has 86 valence electrons. The fourth-order valence-electron chi connectivity index (χ4n) is 2.09. The molecule has 0 radical (unpaired) electrons. The molecule has 3 rings (SSSR count). The van der Waals surface area contributed by atoms with E-state index in [0.717, 1.165) is 17.1 Å². The van der Waals surface area contributed by atoms with Gasteiger partial charge in [0.2, 0.25) is 0 Å². The van der Waals surface area contributed by atoms with Crippen LogP contribution in [0, 0.1) is 0 Å². The number of hydrogen-bond acceptors (Lipinski definition) is 3. The van der Waals surface area contributed by atoms with Gasteiger partial charge < -0.3 is 5.32 Å². The molecule has 2 bridgehead atoms. The van der Waals surface area contributed by atoms with E-state index in [-0.39, 0.29) is 0 Å². The predicted molar refractivity (Wildman–Crippen MR) is 76.1 cm³/mol. The minimum atomic E-state index is 0.307. The van der Waals surface area contributed by atoms with E-state index in [1.807, 2.05) is 23.9 Å². The van der Waals surface area contributed by atoms with Crippen molar-refractivity contribution in [2.24, 2.45) is 4.99 Å². The van der Waals surface area contributed by atoms with E-state index in [2.05, 4.69) is 48.4 Å². The number of aliphatic imine (C=N–C) groups is 1. The van der Waals surface area contributed by atoms with Gasteiger partial charge in [-0.3, -0.25) is 4.99 Å². The number of thioether (sulfide) groups is 1. The summed E-state index contributed by atoms with van der Waals surface area (Å²) in [7, 11) is 0. The van der Waals surface area contributed by atoms with Crippen molar-refractivity contribution in [2.75, 3.05) is 5.32 Å². The van der Waals surface area contributed by atoms with Gasteiger partial charge >= 0.3 is 0 Å². The van der Waals surface area contributed by atoms with Gasteiger partial charge in [-0.1, -0.05) is 12.1 Å². The SMILES string of the molecule is CC1=CC2=CC(Nc3ccccc3N=C2C)S1. The maximum absolute atomic E-state index is 4.69. The molecule has 1 N–H and O–H groups in total. The van der Waals surface area contributed by atoms with Crippen LogP contribution in [0.4, 0.5) is 11.4 Å². The quantitative estimate of drug-likeness (QED) is 0.740. The van der Waals surface area contributed by atoms with Crippen molar-refractivity contribution in [1.82, 2.24) is 0 Å². The summed E-state index contributed by atoms with van der Waals surface area (Å²) in [6, 6.07) is 8.20. The minimum Gasteiger partial charge on any atom is -0.368 e. The summed E-state index contributed by atoms with van der Waals surface area (Å²) in [6.07, 6.45) is 4.45. The van der Waals surface area contributed by atoms with E-state index in [9.17, 15) is 0 Å². The first-order valence-corrected chi connectivity index (χ1v) is 6.58. The molecule has 1 aromatic rings. The van der Waals surface area contributed by atoms with Crippen molar-refractivity contribution in [3.05, 3.63) is 46.9 Å². The third-order valence-corrected chi connectivity index (χ3v) is 3.91. The van der Waals surface area contributed by atoms with Crippen LogP contribution in [0.1, 0.15) is 13.8 Å². The molecule has 2 nitrogen and oxygen atoms in total. The topological polar surface area (TPSA) is 24.4 Å². The maximum atomic E-state index is 4.69. The summed E-state index contributed by atoms with van der Waals surface area (Å²) < 4.78 is 0. The van der Waals surface area contributed by atoms with Crippen LogP contribution in [-0.2, 0) is 0 Å². The molecule has 2 aliphatic heterocycles. The van der Waals surface area contributed by atoms with Gasteiger partial charge in [0, 0.05) is 5.71 Å². The molecule has 17 heavy (non-hydrogen) atoms. The average molecular weight is 242 g/mol.